The molecule has 0 unspecified atom stereocenters. The second-order valence-electron chi connectivity index (χ2n) is 6.23. The zero-order chi connectivity index (χ0) is 20.9. The molecule has 30 heavy (non-hydrogen) atoms. The highest BCUT2D eigenvalue weighted by atomic mass is 16.5. The molecule has 4 aromatic rings. The summed E-state index contributed by atoms with van der Waals surface area (Å²) in [6.07, 6.45) is 1.36. The predicted molar refractivity (Wildman–Crippen MR) is 111 cm³/mol. The van der Waals surface area contributed by atoms with Gasteiger partial charge in [-0.1, -0.05) is 60.7 Å². The first kappa shape index (κ1) is 19.0. The van der Waals surface area contributed by atoms with E-state index in [1.54, 1.807) is 6.92 Å². The van der Waals surface area contributed by atoms with Crippen LogP contribution in [0, 0.1) is 16.7 Å². The van der Waals surface area contributed by atoms with Gasteiger partial charge in [0.2, 0.25) is 5.90 Å². The summed E-state index contributed by atoms with van der Waals surface area (Å²) in [5.41, 5.74) is 3.37. The first-order valence-electron chi connectivity index (χ1n) is 9.28. The van der Waals surface area contributed by atoms with Crippen LogP contribution in [0.2, 0.25) is 0 Å². The minimum absolute atomic E-state index is 0.148. The van der Waals surface area contributed by atoms with Crippen molar-refractivity contribution in [3.05, 3.63) is 78.1 Å². The molecule has 2 aromatic heterocycles. The van der Waals surface area contributed by atoms with E-state index in [0.29, 0.717) is 11.4 Å². The van der Waals surface area contributed by atoms with Gasteiger partial charge in [-0.3, -0.25) is 5.41 Å². The molecule has 4 rings (SSSR count). The average molecular weight is 395 g/mol. The van der Waals surface area contributed by atoms with Gasteiger partial charge in [0.25, 0.3) is 5.95 Å². The number of nitriles is 1. The van der Waals surface area contributed by atoms with E-state index in [4.69, 9.17) is 15.1 Å². The summed E-state index contributed by atoms with van der Waals surface area (Å²) < 4.78 is 6.60. The lowest BCUT2D eigenvalue weighted by atomic mass is 10.0. The molecule has 0 saturated carbocycles. The summed E-state index contributed by atoms with van der Waals surface area (Å²) in [5, 5.41) is 30.4. The van der Waals surface area contributed by atoms with Crippen molar-refractivity contribution in [3.8, 4) is 34.5 Å². The molecule has 8 heteroatoms. The molecule has 2 heterocycles. The van der Waals surface area contributed by atoms with Crippen molar-refractivity contribution in [1.29, 1.82) is 10.7 Å². The van der Waals surface area contributed by atoms with Crippen LogP contribution in [0.25, 0.3) is 28.5 Å². The van der Waals surface area contributed by atoms with E-state index >= 15 is 0 Å². The largest absolute Gasteiger partial charge is 0.477 e. The summed E-state index contributed by atoms with van der Waals surface area (Å²) in [7, 11) is 0. The Morgan fingerprint density at radius 1 is 1.00 bits per heavy atom. The summed E-state index contributed by atoms with van der Waals surface area (Å²) in [4.78, 5) is 4.71. The lowest BCUT2D eigenvalue weighted by molar-refractivity contribution is 0.323. The van der Waals surface area contributed by atoms with Crippen LogP contribution in [-0.4, -0.2) is 37.5 Å². The second-order valence-corrected chi connectivity index (χ2v) is 6.23. The molecule has 2 aromatic carbocycles. The van der Waals surface area contributed by atoms with Gasteiger partial charge in [0.1, 0.15) is 28.7 Å². The third kappa shape index (κ3) is 3.52. The fourth-order valence-electron chi connectivity index (χ4n) is 3.01. The molecule has 0 aliphatic heterocycles. The number of ether oxygens (including phenoxy) is 1. The molecular formula is C22H17N7O. The van der Waals surface area contributed by atoms with Crippen molar-refractivity contribution >= 4 is 5.90 Å². The Bertz CT molecular complexity index is 1230. The normalized spacial score (nSPS) is 10.4. The highest BCUT2D eigenvalue weighted by Crippen LogP contribution is 2.28. The third-order valence-electron chi connectivity index (χ3n) is 4.35. The fraction of sp³-hybridized carbons (Fsp3) is 0.0909. The van der Waals surface area contributed by atoms with Gasteiger partial charge in [-0.15, -0.1) is 10.2 Å². The van der Waals surface area contributed by atoms with Gasteiger partial charge in [-0.25, -0.2) is 4.98 Å². The van der Waals surface area contributed by atoms with Crippen molar-refractivity contribution in [2.24, 2.45) is 0 Å². The van der Waals surface area contributed by atoms with Gasteiger partial charge in [-0.05, 0) is 6.92 Å². The summed E-state index contributed by atoms with van der Waals surface area (Å²) >= 11 is 0. The van der Waals surface area contributed by atoms with Gasteiger partial charge < -0.3 is 4.74 Å². The first-order valence-corrected chi connectivity index (χ1v) is 9.28. The van der Waals surface area contributed by atoms with Crippen molar-refractivity contribution < 1.29 is 4.74 Å². The molecule has 0 fully saturated rings. The number of hydrogen-bond acceptors (Lipinski definition) is 7. The van der Waals surface area contributed by atoms with E-state index in [1.807, 2.05) is 66.7 Å². The van der Waals surface area contributed by atoms with Crippen LogP contribution in [0.3, 0.4) is 0 Å². The van der Waals surface area contributed by atoms with Gasteiger partial charge >= 0.3 is 0 Å². The van der Waals surface area contributed by atoms with Crippen LogP contribution >= 0.6 is 0 Å². The maximum absolute atomic E-state index is 9.41. The highest BCUT2D eigenvalue weighted by molar-refractivity contribution is 5.93. The monoisotopic (exact) mass is 395 g/mol. The van der Waals surface area contributed by atoms with Crippen molar-refractivity contribution in [1.82, 2.24) is 25.0 Å². The van der Waals surface area contributed by atoms with E-state index in [0.717, 1.165) is 11.1 Å². The van der Waals surface area contributed by atoms with Crippen LogP contribution in [-0.2, 0) is 4.74 Å². The van der Waals surface area contributed by atoms with E-state index in [-0.39, 0.29) is 29.7 Å². The van der Waals surface area contributed by atoms with Crippen molar-refractivity contribution in [2.75, 3.05) is 6.61 Å². The van der Waals surface area contributed by atoms with Crippen molar-refractivity contribution in [2.45, 2.75) is 6.92 Å². The molecule has 0 aliphatic rings. The number of nitrogens with zero attached hydrogens (tertiary/aromatic N) is 6. The number of nitrogens with one attached hydrogen (secondary N) is 1. The van der Waals surface area contributed by atoms with Crippen LogP contribution in [0.15, 0.2) is 66.9 Å². The Hall–Kier alpha value is -4.38. The van der Waals surface area contributed by atoms with Gasteiger partial charge in [0.05, 0.1) is 12.8 Å². The second kappa shape index (κ2) is 8.32. The van der Waals surface area contributed by atoms with Gasteiger partial charge in [-0.2, -0.15) is 15.0 Å². The molecule has 0 saturated heterocycles. The van der Waals surface area contributed by atoms with Gasteiger partial charge in [0.15, 0.2) is 0 Å². The summed E-state index contributed by atoms with van der Waals surface area (Å²) in [6.45, 7) is 2.05. The minimum Gasteiger partial charge on any atom is -0.477 e. The lowest BCUT2D eigenvalue weighted by Gasteiger charge is -2.11. The Morgan fingerprint density at radius 2 is 1.63 bits per heavy atom. The van der Waals surface area contributed by atoms with Crippen LogP contribution in [0.4, 0.5) is 0 Å². The SMILES string of the molecule is CCOC(=N)c1c(C#N)cnn1-c1nnc(-c2ccccc2)c(-c2ccccc2)n1. The standard InChI is InChI=1S/C22H17N7O/c1-2-30-21(24)20-17(13-23)14-25-29(20)22-26-18(15-9-5-3-6-10-15)19(27-28-22)16-11-7-4-8-12-16/h3-12,14,24H,2H2,1H3. The number of aromatic nitrogens is 5. The average Bonchev–Trinajstić information content (AvgIpc) is 3.24. The van der Waals surface area contributed by atoms with Gasteiger partial charge in [0, 0.05) is 11.1 Å². The smallest absolute Gasteiger partial charge is 0.271 e. The molecular weight excluding hydrogens is 378 g/mol. The summed E-state index contributed by atoms with van der Waals surface area (Å²) in [6, 6.07) is 21.3. The van der Waals surface area contributed by atoms with E-state index < -0.39 is 0 Å². The molecule has 0 radical (unpaired) electrons. The molecule has 1 N–H and O–H groups in total. The topological polar surface area (TPSA) is 113 Å². The first-order chi connectivity index (χ1) is 14.7. The lowest BCUT2D eigenvalue weighted by Crippen LogP contribution is -2.16. The third-order valence-corrected chi connectivity index (χ3v) is 4.35. The van der Waals surface area contributed by atoms with E-state index in [9.17, 15) is 5.26 Å². The molecule has 146 valence electrons. The molecule has 0 spiro atoms. The molecule has 0 amide bonds. The zero-order valence-corrected chi connectivity index (χ0v) is 16.1. The molecule has 0 bridgehead atoms. The Kier molecular flexibility index (Phi) is 5.26. The Labute approximate surface area is 172 Å². The maximum atomic E-state index is 9.41. The maximum Gasteiger partial charge on any atom is 0.271 e. The minimum atomic E-state index is -0.177. The molecule has 0 aliphatic carbocycles. The number of benzene rings is 2. The Morgan fingerprint density at radius 3 is 2.23 bits per heavy atom. The molecule has 8 nitrogen and oxygen atoms in total. The van der Waals surface area contributed by atoms with Crippen LogP contribution in [0.5, 0.6) is 0 Å². The number of hydrogen-bond donors (Lipinski definition) is 1. The predicted octanol–water partition coefficient (Wildman–Crippen LogP) is 3.62. The van der Waals surface area contributed by atoms with E-state index in [2.05, 4.69) is 15.3 Å². The Balaban J connectivity index is 1.91. The highest BCUT2D eigenvalue weighted by Gasteiger charge is 2.22. The summed E-state index contributed by atoms with van der Waals surface area (Å²) in [5.74, 6) is -0.0296. The number of rotatable bonds is 5. The van der Waals surface area contributed by atoms with Crippen molar-refractivity contribution in [3.63, 3.8) is 0 Å². The van der Waals surface area contributed by atoms with E-state index in [1.165, 1.54) is 10.9 Å². The zero-order valence-electron chi connectivity index (χ0n) is 16.1. The quantitative estimate of drug-likeness (QED) is 0.408. The van der Waals surface area contributed by atoms with Crippen LogP contribution in [0.1, 0.15) is 18.2 Å². The van der Waals surface area contributed by atoms with Crippen LogP contribution < -0.4 is 0 Å². The molecule has 0 atom stereocenters. The fourth-order valence-corrected chi connectivity index (χ4v) is 3.01.